The lowest BCUT2D eigenvalue weighted by Crippen LogP contribution is -2.38. The quantitative estimate of drug-likeness (QED) is 0.473. The van der Waals surface area contributed by atoms with E-state index in [2.05, 4.69) is 15.6 Å². The molecular weight excluding hydrogens is 416 g/mol. The van der Waals surface area contributed by atoms with Gasteiger partial charge in [-0.25, -0.2) is 18.6 Å². The number of aliphatic hydroxyl groups is 1. The van der Waals surface area contributed by atoms with E-state index in [-0.39, 0.29) is 0 Å². The van der Waals surface area contributed by atoms with E-state index >= 15 is 0 Å². The highest BCUT2D eigenvalue weighted by Crippen LogP contribution is 2.34. The molecule has 0 aromatic heterocycles. The molecule has 0 saturated carbocycles. The number of nitrogens with one attached hydrogen (secondary N) is 2. The third kappa shape index (κ3) is 6.26. The highest BCUT2D eigenvalue weighted by molar-refractivity contribution is 5.82. The summed E-state index contributed by atoms with van der Waals surface area (Å²) < 4.78 is 31.6. The third-order valence-electron chi connectivity index (χ3n) is 5.03. The van der Waals surface area contributed by atoms with Crippen molar-refractivity contribution in [3.05, 3.63) is 64.7 Å². The Labute approximate surface area is 186 Å². The maximum atomic E-state index is 13.3. The smallest absolute Gasteiger partial charge is 0.408 e. The van der Waals surface area contributed by atoms with Crippen LogP contribution in [0.1, 0.15) is 50.4 Å². The molecule has 32 heavy (non-hydrogen) atoms. The Kier molecular flexibility index (Phi) is 7.13. The standard InChI is InChI=1S/C24H29F2N3O3/c1-14(27-10-9-15-5-8-19(25)20(26)11-15)28-17-7-6-16-12-21(30)22(18(16)13-17)29-23(31)32-24(2,3)4/h5-8,11,13,21-22,30H,9-10,12H2,1-4H3,(H,27,28)(H,29,31)/t21-,22-/m1/s1. The molecule has 0 fully saturated rings. The fraction of sp³-hybridized carbons (Fsp3) is 0.417. The molecule has 6 nitrogen and oxygen atoms in total. The topological polar surface area (TPSA) is 83.0 Å². The van der Waals surface area contributed by atoms with Gasteiger partial charge in [-0.15, -0.1) is 0 Å². The number of rotatable bonds is 5. The number of halogens is 2. The Morgan fingerprint density at radius 3 is 2.62 bits per heavy atom. The summed E-state index contributed by atoms with van der Waals surface area (Å²) in [7, 11) is 0. The lowest BCUT2D eigenvalue weighted by Gasteiger charge is -2.23. The van der Waals surface area contributed by atoms with Crippen molar-refractivity contribution in [1.29, 1.82) is 0 Å². The first-order valence-electron chi connectivity index (χ1n) is 10.6. The molecule has 0 unspecified atom stereocenters. The van der Waals surface area contributed by atoms with E-state index in [1.165, 1.54) is 6.07 Å². The number of aliphatic hydroxyl groups excluding tert-OH is 1. The van der Waals surface area contributed by atoms with Crippen LogP contribution in [-0.2, 0) is 17.6 Å². The summed E-state index contributed by atoms with van der Waals surface area (Å²) in [5, 5.41) is 16.3. The van der Waals surface area contributed by atoms with Crippen LogP contribution in [0.4, 0.5) is 19.3 Å². The number of hydrogen-bond donors (Lipinski definition) is 3. The van der Waals surface area contributed by atoms with Crippen LogP contribution in [0.5, 0.6) is 0 Å². The first-order chi connectivity index (χ1) is 15.0. The van der Waals surface area contributed by atoms with Gasteiger partial charge in [0.25, 0.3) is 0 Å². The Bertz CT molecular complexity index is 1020. The zero-order valence-electron chi connectivity index (χ0n) is 18.7. The normalized spacial score (nSPS) is 18.3. The minimum absolute atomic E-state index is 0.436. The van der Waals surface area contributed by atoms with Crippen molar-refractivity contribution in [3.63, 3.8) is 0 Å². The van der Waals surface area contributed by atoms with E-state index in [0.29, 0.717) is 36.5 Å². The van der Waals surface area contributed by atoms with Gasteiger partial charge in [0, 0.05) is 13.0 Å². The number of amidine groups is 1. The highest BCUT2D eigenvalue weighted by atomic mass is 19.2. The van der Waals surface area contributed by atoms with E-state index in [4.69, 9.17) is 4.74 Å². The first kappa shape index (κ1) is 23.7. The summed E-state index contributed by atoms with van der Waals surface area (Å²) in [5.41, 5.74) is 2.48. The van der Waals surface area contributed by atoms with E-state index in [1.54, 1.807) is 26.8 Å². The second-order valence-corrected chi connectivity index (χ2v) is 8.90. The van der Waals surface area contributed by atoms with Crippen molar-refractivity contribution in [2.24, 2.45) is 4.99 Å². The van der Waals surface area contributed by atoms with Gasteiger partial charge < -0.3 is 20.5 Å². The molecule has 1 aliphatic carbocycles. The van der Waals surface area contributed by atoms with Crippen LogP contribution in [0.25, 0.3) is 0 Å². The summed E-state index contributed by atoms with van der Waals surface area (Å²) in [6.07, 6.45) is -0.376. The van der Waals surface area contributed by atoms with Crippen molar-refractivity contribution < 1.29 is 23.4 Å². The number of alkyl carbamates (subject to hydrolysis) is 1. The van der Waals surface area contributed by atoms with Crippen molar-refractivity contribution in [2.45, 2.75) is 58.3 Å². The Morgan fingerprint density at radius 1 is 1.19 bits per heavy atom. The second kappa shape index (κ2) is 9.65. The van der Waals surface area contributed by atoms with Gasteiger partial charge in [-0.2, -0.15) is 0 Å². The fourth-order valence-corrected chi connectivity index (χ4v) is 3.60. The summed E-state index contributed by atoms with van der Waals surface area (Å²) in [6.45, 7) is 7.65. The zero-order valence-corrected chi connectivity index (χ0v) is 18.7. The van der Waals surface area contributed by atoms with Gasteiger partial charge in [0.05, 0.1) is 23.7 Å². The van der Waals surface area contributed by atoms with Crippen LogP contribution in [0, 0.1) is 11.6 Å². The van der Waals surface area contributed by atoms with Gasteiger partial charge in [0.2, 0.25) is 0 Å². The molecule has 2 aromatic carbocycles. The Morgan fingerprint density at radius 2 is 1.94 bits per heavy atom. The van der Waals surface area contributed by atoms with E-state index in [0.717, 1.165) is 17.2 Å². The molecule has 8 heteroatoms. The van der Waals surface area contributed by atoms with E-state index in [9.17, 15) is 18.7 Å². The molecule has 1 aliphatic rings. The van der Waals surface area contributed by atoms with Crippen molar-refractivity contribution in [2.75, 3.05) is 6.54 Å². The average Bonchev–Trinajstić information content (AvgIpc) is 2.98. The number of nitrogens with zero attached hydrogens (tertiary/aromatic N) is 1. The third-order valence-corrected chi connectivity index (χ3v) is 5.03. The number of aliphatic imine (C=N–C) groups is 1. The van der Waals surface area contributed by atoms with Gasteiger partial charge in [-0.1, -0.05) is 12.1 Å². The van der Waals surface area contributed by atoms with Crippen LogP contribution >= 0.6 is 0 Å². The molecule has 0 saturated heterocycles. The molecule has 3 rings (SSSR count). The van der Waals surface area contributed by atoms with Crippen molar-refractivity contribution in [3.8, 4) is 0 Å². The van der Waals surface area contributed by atoms with Gasteiger partial charge in [-0.05, 0) is 75.1 Å². The van der Waals surface area contributed by atoms with Crippen LogP contribution in [-0.4, -0.2) is 35.3 Å². The zero-order chi connectivity index (χ0) is 23.5. The SMILES string of the molecule is CC(=Nc1ccc2c(c1)[C@@H](NC(=O)OC(C)(C)C)[C@H](O)C2)NCCc1ccc(F)c(F)c1. The number of ether oxygens (including phenoxy) is 1. The number of carbonyl (C=O) groups is 1. The van der Waals surface area contributed by atoms with Crippen LogP contribution in [0.15, 0.2) is 41.4 Å². The first-order valence-corrected chi connectivity index (χ1v) is 10.6. The molecule has 2 aromatic rings. The number of amides is 1. The molecular formula is C24H29F2N3O3. The van der Waals surface area contributed by atoms with E-state index in [1.807, 2.05) is 25.1 Å². The molecule has 172 valence electrons. The average molecular weight is 446 g/mol. The predicted octanol–water partition coefficient (Wildman–Crippen LogP) is 4.33. The summed E-state index contributed by atoms with van der Waals surface area (Å²) in [5.74, 6) is -1.06. The maximum absolute atomic E-state index is 13.3. The van der Waals surface area contributed by atoms with Gasteiger partial charge in [-0.3, -0.25) is 0 Å². The summed E-state index contributed by atoms with van der Waals surface area (Å²) in [4.78, 5) is 16.7. The van der Waals surface area contributed by atoms with E-state index < -0.39 is 35.5 Å². The minimum atomic E-state index is -0.861. The molecule has 0 heterocycles. The molecule has 1 amide bonds. The molecule has 0 radical (unpaired) electrons. The molecule has 2 atom stereocenters. The van der Waals surface area contributed by atoms with Crippen molar-refractivity contribution in [1.82, 2.24) is 10.6 Å². The maximum Gasteiger partial charge on any atom is 0.408 e. The Hall–Kier alpha value is -3.00. The summed E-state index contributed by atoms with van der Waals surface area (Å²) >= 11 is 0. The predicted molar refractivity (Wildman–Crippen MR) is 119 cm³/mol. The van der Waals surface area contributed by atoms with Crippen LogP contribution in [0.3, 0.4) is 0 Å². The fourth-order valence-electron chi connectivity index (χ4n) is 3.60. The lowest BCUT2D eigenvalue weighted by molar-refractivity contribution is 0.0438. The van der Waals surface area contributed by atoms with Gasteiger partial charge in [0.15, 0.2) is 11.6 Å². The number of carbonyl (C=O) groups excluding carboxylic acids is 1. The van der Waals surface area contributed by atoms with Gasteiger partial charge in [0.1, 0.15) is 5.60 Å². The highest BCUT2D eigenvalue weighted by Gasteiger charge is 2.33. The van der Waals surface area contributed by atoms with Crippen LogP contribution < -0.4 is 10.6 Å². The number of fused-ring (bicyclic) bond motifs is 1. The molecule has 0 spiro atoms. The monoisotopic (exact) mass is 445 g/mol. The lowest BCUT2D eigenvalue weighted by atomic mass is 10.1. The Balaban J connectivity index is 1.64. The summed E-state index contributed by atoms with van der Waals surface area (Å²) in [6, 6.07) is 8.87. The second-order valence-electron chi connectivity index (χ2n) is 8.90. The molecule has 0 bridgehead atoms. The molecule has 0 aliphatic heterocycles. The minimum Gasteiger partial charge on any atom is -0.444 e. The number of hydrogen-bond acceptors (Lipinski definition) is 4. The van der Waals surface area contributed by atoms with Crippen LogP contribution in [0.2, 0.25) is 0 Å². The van der Waals surface area contributed by atoms with Crippen molar-refractivity contribution >= 4 is 17.6 Å². The molecule has 3 N–H and O–H groups in total. The van der Waals surface area contributed by atoms with Gasteiger partial charge >= 0.3 is 6.09 Å². The number of benzene rings is 2. The largest absolute Gasteiger partial charge is 0.444 e.